The van der Waals surface area contributed by atoms with Crippen molar-refractivity contribution >= 4 is 23.5 Å². The zero-order chi connectivity index (χ0) is 16.8. The second-order valence-corrected chi connectivity index (χ2v) is 5.20. The third kappa shape index (κ3) is 4.29. The Morgan fingerprint density at radius 3 is 2.48 bits per heavy atom. The van der Waals surface area contributed by atoms with Crippen LogP contribution in [-0.2, 0) is 11.2 Å². The average Bonchev–Trinajstić information content (AvgIpc) is 2.54. The molecular formula is C17H15ClFNO3. The van der Waals surface area contributed by atoms with Crippen molar-refractivity contribution in [2.75, 3.05) is 13.7 Å². The highest BCUT2D eigenvalue weighted by Gasteiger charge is 2.15. The van der Waals surface area contributed by atoms with E-state index < -0.39 is 17.7 Å². The van der Waals surface area contributed by atoms with Crippen LogP contribution < -0.4 is 5.32 Å². The smallest absolute Gasteiger partial charge is 0.337 e. The summed E-state index contributed by atoms with van der Waals surface area (Å²) in [6.07, 6.45) is 0.541. The molecule has 0 aliphatic carbocycles. The highest BCUT2D eigenvalue weighted by Crippen LogP contribution is 2.18. The van der Waals surface area contributed by atoms with Gasteiger partial charge in [0, 0.05) is 6.54 Å². The van der Waals surface area contributed by atoms with Gasteiger partial charge in [-0.3, -0.25) is 4.79 Å². The molecule has 0 saturated carbocycles. The van der Waals surface area contributed by atoms with E-state index in [2.05, 4.69) is 10.1 Å². The average molecular weight is 336 g/mol. The minimum atomic E-state index is -0.655. The van der Waals surface area contributed by atoms with Crippen molar-refractivity contribution < 1.29 is 18.7 Å². The van der Waals surface area contributed by atoms with E-state index in [0.717, 1.165) is 5.56 Å². The second-order valence-electron chi connectivity index (χ2n) is 4.79. The van der Waals surface area contributed by atoms with Gasteiger partial charge in [-0.1, -0.05) is 29.8 Å². The predicted octanol–water partition coefficient (Wildman–Crippen LogP) is 3.24. The standard InChI is InChI=1S/C17H15ClFNO3/c1-23-17(22)12-7-5-11(6-8-12)9-10-20-16(21)15-13(18)3-2-4-14(15)19/h2-8H,9-10H2,1H3,(H,20,21). The summed E-state index contributed by atoms with van der Waals surface area (Å²) in [5.74, 6) is -1.62. The van der Waals surface area contributed by atoms with E-state index in [0.29, 0.717) is 18.5 Å². The maximum atomic E-state index is 13.6. The molecule has 0 heterocycles. The molecule has 120 valence electrons. The van der Waals surface area contributed by atoms with E-state index in [1.54, 1.807) is 24.3 Å². The number of esters is 1. The van der Waals surface area contributed by atoms with Crippen molar-refractivity contribution in [1.82, 2.24) is 5.32 Å². The van der Waals surface area contributed by atoms with Gasteiger partial charge >= 0.3 is 5.97 Å². The van der Waals surface area contributed by atoms with Crippen LogP contribution in [-0.4, -0.2) is 25.5 Å². The molecule has 0 aliphatic rings. The molecule has 0 unspecified atom stereocenters. The maximum Gasteiger partial charge on any atom is 0.337 e. The molecule has 2 aromatic carbocycles. The highest BCUT2D eigenvalue weighted by atomic mass is 35.5. The predicted molar refractivity (Wildman–Crippen MR) is 85.2 cm³/mol. The topological polar surface area (TPSA) is 55.4 Å². The number of amides is 1. The first kappa shape index (κ1) is 17.0. The molecule has 0 atom stereocenters. The maximum absolute atomic E-state index is 13.6. The Bertz CT molecular complexity index is 696. The molecule has 1 amide bonds. The van der Waals surface area contributed by atoms with E-state index in [4.69, 9.17) is 11.6 Å². The summed E-state index contributed by atoms with van der Waals surface area (Å²) in [6.45, 7) is 0.321. The van der Waals surface area contributed by atoms with E-state index in [1.165, 1.54) is 25.3 Å². The molecule has 0 spiro atoms. The molecule has 0 aromatic heterocycles. The van der Waals surface area contributed by atoms with Gasteiger partial charge in [-0.15, -0.1) is 0 Å². The quantitative estimate of drug-likeness (QED) is 0.853. The number of benzene rings is 2. The fourth-order valence-corrected chi connectivity index (χ4v) is 2.30. The number of carbonyl (C=O) groups excluding carboxylic acids is 2. The van der Waals surface area contributed by atoms with E-state index in [-0.39, 0.29) is 10.6 Å². The van der Waals surface area contributed by atoms with Gasteiger partial charge in [0.15, 0.2) is 0 Å². The number of ether oxygens (including phenoxy) is 1. The number of hydrogen-bond acceptors (Lipinski definition) is 3. The third-order valence-electron chi connectivity index (χ3n) is 3.26. The van der Waals surface area contributed by atoms with Crippen LogP contribution in [0.25, 0.3) is 0 Å². The van der Waals surface area contributed by atoms with Gasteiger partial charge in [-0.2, -0.15) is 0 Å². The molecule has 6 heteroatoms. The Morgan fingerprint density at radius 1 is 1.17 bits per heavy atom. The van der Waals surface area contributed by atoms with Crippen LogP contribution >= 0.6 is 11.6 Å². The molecule has 0 fully saturated rings. The minimum absolute atomic E-state index is 0.0740. The van der Waals surface area contributed by atoms with E-state index >= 15 is 0 Å². The van der Waals surface area contributed by atoms with Crippen LogP contribution in [0.4, 0.5) is 4.39 Å². The zero-order valence-corrected chi connectivity index (χ0v) is 13.2. The molecule has 1 N–H and O–H groups in total. The first-order chi connectivity index (χ1) is 11.0. The molecule has 2 rings (SSSR count). The van der Waals surface area contributed by atoms with Crippen molar-refractivity contribution in [3.05, 3.63) is 70.0 Å². The summed E-state index contributed by atoms with van der Waals surface area (Å²) >= 11 is 5.84. The Morgan fingerprint density at radius 2 is 1.87 bits per heavy atom. The summed E-state index contributed by atoms with van der Waals surface area (Å²) in [5, 5.41) is 2.70. The van der Waals surface area contributed by atoms with Crippen LogP contribution in [0.15, 0.2) is 42.5 Å². The third-order valence-corrected chi connectivity index (χ3v) is 3.58. The number of hydrogen-bond donors (Lipinski definition) is 1. The van der Waals surface area contributed by atoms with Crippen LogP contribution in [0.1, 0.15) is 26.3 Å². The van der Waals surface area contributed by atoms with Crippen molar-refractivity contribution in [1.29, 1.82) is 0 Å². The number of halogens is 2. The lowest BCUT2D eigenvalue weighted by molar-refractivity contribution is 0.0600. The van der Waals surface area contributed by atoms with E-state index in [1.807, 2.05) is 0 Å². The SMILES string of the molecule is COC(=O)c1ccc(CCNC(=O)c2c(F)cccc2Cl)cc1. The fraction of sp³-hybridized carbons (Fsp3) is 0.176. The van der Waals surface area contributed by atoms with Crippen LogP contribution in [0.2, 0.25) is 5.02 Å². The number of methoxy groups -OCH3 is 1. The first-order valence-corrected chi connectivity index (χ1v) is 7.30. The molecule has 4 nitrogen and oxygen atoms in total. The number of carbonyl (C=O) groups is 2. The van der Waals surface area contributed by atoms with Gasteiger partial charge in [0.05, 0.1) is 23.3 Å². The lowest BCUT2D eigenvalue weighted by Gasteiger charge is -2.08. The lowest BCUT2D eigenvalue weighted by atomic mass is 10.1. The Balaban J connectivity index is 1.92. The van der Waals surface area contributed by atoms with E-state index in [9.17, 15) is 14.0 Å². The second kappa shape index (κ2) is 7.74. The molecular weight excluding hydrogens is 321 g/mol. The Hall–Kier alpha value is -2.40. The van der Waals surface area contributed by atoms with Gasteiger partial charge in [-0.05, 0) is 36.2 Å². The fourth-order valence-electron chi connectivity index (χ4n) is 2.05. The zero-order valence-electron chi connectivity index (χ0n) is 12.4. The largest absolute Gasteiger partial charge is 0.465 e. The van der Waals surface area contributed by atoms with Gasteiger partial charge < -0.3 is 10.1 Å². The molecule has 0 bridgehead atoms. The summed E-state index contributed by atoms with van der Waals surface area (Å²) < 4.78 is 18.2. The summed E-state index contributed by atoms with van der Waals surface area (Å²) in [6, 6.07) is 10.9. The van der Waals surface area contributed by atoms with Crippen LogP contribution in [0.5, 0.6) is 0 Å². The normalized spacial score (nSPS) is 10.2. The van der Waals surface area contributed by atoms with Crippen molar-refractivity contribution in [3.8, 4) is 0 Å². The lowest BCUT2D eigenvalue weighted by Crippen LogP contribution is -2.26. The molecule has 23 heavy (non-hydrogen) atoms. The first-order valence-electron chi connectivity index (χ1n) is 6.92. The highest BCUT2D eigenvalue weighted by molar-refractivity contribution is 6.33. The minimum Gasteiger partial charge on any atom is -0.465 e. The molecule has 0 radical (unpaired) electrons. The van der Waals surface area contributed by atoms with Gasteiger partial charge in [0.2, 0.25) is 0 Å². The van der Waals surface area contributed by atoms with Gasteiger partial charge in [0.25, 0.3) is 5.91 Å². The summed E-state index contributed by atoms with van der Waals surface area (Å²) in [4.78, 5) is 23.3. The molecule has 0 saturated heterocycles. The van der Waals surface area contributed by atoms with Crippen molar-refractivity contribution in [2.45, 2.75) is 6.42 Å². The monoisotopic (exact) mass is 335 g/mol. The van der Waals surface area contributed by atoms with Crippen molar-refractivity contribution in [2.24, 2.45) is 0 Å². The molecule has 0 aliphatic heterocycles. The van der Waals surface area contributed by atoms with Crippen molar-refractivity contribution in [3.63, 3.8) is 0 Å². The summed E-state index contributed by atoms with van der Waals surface area (Å²) in [5.41, 5.74) is 1.23. The summed E-state index contributed by atoms with van der Waals surface area (Å²) in [7, 11) is 1.32. The van der Waals surface area contributed by atoms with Crippen LogP contribution in [0, 0.1) is 5.82 Å². The van der Waals surface area contributed by atoms with Crippen LogP contribution in [0.3, 0.4) is 0 Å². The van der Waals surface area contributed by atoms with Gasteiger partial charge in [-0.25, -0.2) is 9.18 Å². The number of rotatable bonds is 5. The van der Waals surface area contributed by atoms with Gasteiger partial charge in [0.1, 0.15) is 5.82 Å². The Labute approximate surface area is 138 Å². The Kier molecular flexibility index (Phi) is 5.71. The molecule has 2 aromatic rings. The number of nitrogens with one attached hydrogen (secondary N) is 1.